The number of amides is 1. The summed E-state index contributed by atoms with van der Waals surface area (Å²) >= 11 is 11.9. The molecule has 1 amide bonds. The molecule has 1 aliphatic rings. The molecular weight excluding hydrogens is 323 g/mol. The molecular formula is C12H14Cl2N2O3S. The number of hydrogen-bond acceptors (Lipinski definition) is 3. The SMILES string of the molecule is CCN(CC)S(=O)(=O)c1ccc2c(c1)C(Cl)(Cl)C(=O)N2. The Kier molecular flexibility index (Phi) is 4.03. The molecule has 0 unspecified atom stereocenters. The third-order valence-electron chi connectivity index (χ3n) is 3.21. The molecule has 1 aromatic carbocycles. The van der Waals surface area contributed by atoms with Crippen LogP contribution in [0.3, 0.4) is 0 Å². The number of nitrogens with zero attached hydrogens (tertiary/aromatic N) is 1. The van der Waals surface area contributed by atoms with Crippen molar-refractivity contribution in [2.45, 2.75) is 23.1 Å². The first kappa shape index (κ1) is 15.6. The number of benzene rings is 1. The van der Waals surface area contributed by atoms with E-state index in [9.17, 15) is 13.2 Å². The Hall–Kier alpha value is -0.820. The van der Waals surface area contributed by atoms with Crippen molar-refractivity contribution in [3.8, 4) is 0 Å². The normalized spacial score (nSPS) is 17.1. The minimum Gasteiger partial charge on any atom is -0.323 e. The van der Waals surface area contributed by atoms with Crippen molar-refractivity contribution in [1.82, 2.24) is 4.31 Å². The molecule has 0 atom stereocenters. The van der Waals surface area contributed by atoms with Crippen LogP contribution in [0.4, 0.5) is 5.69 Å². The summed E-state index contributed by atoms with van der Waals surface area (Å²) in [5.74, 6) is -0.576. The zero-order valence-corrected chi connectivity index (χ0v) is 13.3. The van der Waals surface area contributed by atoms with Gasteiger partial charge < -0.3 is 5.32 Å². The minimum atomic E-state index is -3.61. The zero-order chi connectivity index (χ0) is 15.1. The van der Waals surface area contributed by atoms with Crippen molar-refractivity contribution >= 4 is 44.8 Å². The Labute approximate surface area is 127 Å². The third kappa shape index (κ3) is 2.30. The molecule has 0 bridgehead atoms. The van der Waals surface area contributed by atoms with Crippen LogP contribution in [0.15, 0.2) is 23.1 Å². The van der Waals surface area contributed by atoms with Crippen LogP contribution < -0.4 is 5.32 Å². The van der Waals surface area contributed by atoms with E-state index >= 15 is 0 Å². The summed E-state index contributed by atoms with van der Waals surface area (Å²) in [5, 5.41) is 2.51. The van der Waals surface area contributed by atoms with Crippen molar-refractivity contribution in [2.75, 3.05) is 18.4 Å². The van der Waals surface area contributed by atoms with Gasteiger partial charge in [0.05, 0.1) is 4.90 Å². The highest BCUT2D eigenvalue weighted by atomic mass is 35.5. The maximum absolute atomic E-state index is 12.4. The molecule has 2 rings (SSSR count). The van der Waals surface area contributed by atoms with Crippen molar-refractivity contribution in [3.63, 3.8) is 0 Å². The van der Waals surface area contributed by atoms with Gasteiger partial charge in [-0.05, 0) is 18.2 Å². The monoisotopic (exact) mass is 336 g/mol. The summed E-state index contributed by atoms with van der Waals surface area (Å²) in [6.07, 6.45) is 0. The molecule has 0 saturated carbocycles. The fourth-order valence-electron chi connectivity index (χ4n) is 2.09. The molecule has 1 aliphatic heterocycles. The lowest BCUT2D eigenvalue weighted by Crippen LogP contribution is -2.30. The zero-order valence-electron chi connectivity index (χ0n) is 11.0. The topological polar surface area (TPSA) is 66.5 Å². The molecule has 0 fully saturated rings. The molecule has 110 valence electrons. The standard InChI is InChI=1S/C12H14Cl2N2O3S/c1-3-16(4-2)20(18,19)8-5-6-10-9(7-8)12(13,14)11(17)15-10/h5-7H,3-4H2,1-2H3,(H,15,17). The van der Waals surface area contributed by atoms with E-state index in [2.05, 4.69) is 5.32 Å². The lowest BCUT2D eigenvalue weighted by molar-refractivity contribution is -0.116. The number of hydrogen-bond donors (Lipinski definition) is 1. The Morgan fingerprint density at radius 1 is 1.25 bits per heavy atom. The van der Waals surface area contributed by atoms with E-state index < -0.39 is 20.3 Å². The fourth-order valence-corrected chi connectivity index (χ4v) is 3.98. The van der Waals surface area contributed by atoms with Crippen molar-refractivity contribution in [1.29, 1.82) is 0 Å². The summed E-state index contributed by atoms with van der Waals surface area (Å²) in [6.45, 7) is 4.24. The Morgan fingerprint density at radius 3 is 2.40 bits per heavy atom. The summed E-state index contributed by atoms with van der Waals surface area (Å²) in [4.78, 5) is 11.7. The largest absolute Gasteiger partial charge is 0.323 e. The maximum atomic E-state index is 12.4. The van der Waals surface area contributed by atoms with Gasteiger partial charge in [0.25, 0.3) is 5.91 Å². The van der Waals surface area contributed by atoms with Gasteiger partial charge in [0.2, 0.25) is 14.4 Å². The van der Waals surface area contributed by atoms with Gasteiger partial charge in [0.15, 0.2) is 0 Å². The minimum absolute atomic E-state index is 0.0714. The van der Waals surface area contributed by atoms with Gasteiger partial charge in [0, 0.05) is 24.3 Å². The first-order valence-corrected chi connectivity index (χ1v) is 8.28. The molecule has 0 radical (unpaired) electrons. The van der Waals surface area contributed by atoms with Gasteiger partial charge in [-0.1, -0.05) is 37.0 Å². The predicted octanol–water partition coefficient (Wildman–Crippen LogP) is 2.30. The molecule has 5 nitrogen and oxygen atoms in total. The second-order valence-corrected chi connectivity index (χ2v) is 7.59. The van der Waals surface area contributed by atoms with Gasteiger partial charge in [-0.3, -0.25) is 4.79 Å². The first-order chi connectivity index (χ1) is 9.25. The van der Waals surface area contributed by atoms with Crippen LogP contribution in [-0.2, 0) is 19.2 Å². The smallest absolute Gasteiger partial charge is 0.265 e. The summed E-state index contributed by atoms with van der Waals surface area (Å²) in [6, 6.07) is 4.28. The lowest BCUT2D eigenvalue weighted by Gasteiger charge is -2.19. The van der Waals surface area contributed by atoms with Crippen LogP contribution in [0.2, 0.25) is 0 Å². The Bertz CT molecular complexity index is 655. The van der Waals surface area contributed by atoms with Crippen LogP contribution in [0, 0.1) is 0 Å². The highest BCUT2D eigenvalue weighted by Gasteiger charge is 2.44. The van der Waals surface area contributed by atoms with Gasteiger partial charge in [-0.25, -0.2) is 8.42 Å². The van der Waals surface area contributed by atoms with E-state index in [1.807, 2.05) is 0 Å². The van der Waals surface area contributed by atoms with Crippen LogP contribution in [0.25, 0.3) is 0 Å². The van der Waals surface area contributed by atoms with Crippen molar-refractivity contribution < 1.29 is 13.2 Å². The second kappa shape index (κ2) is 5.18. The van der Waals surface area contributed by atoms with Crippen LogP contribution >= 0.6 is 23.2 Å². The van der Waals surface area contributed by atoms with Crippen molar-refractivity contribution in [2.24, 2.45) is 0 Å². The number of sulfonamides is 1. The van der Waals surface area contributed by atoms with Gasteiger partial charge in [-0.2, -0.15) is 4.31 Å². The van der Waals surface area contributed by atoms with E-state index in [-0.39, 0.29) is 10.5 Å². The number of rotatable bonds is 4. The molecule has 0 spiro atoms. The van der Waals surface area contributed by atoms with Crippen LogP contribution in [-0.4, -0.2) is 31.7 Å². The van der Waals surface area contributed by atoms with E-state index in [1.165, 1.54) is 22.5 Å². The number of nitrogens with one attached hydrogen (secondary N) is 1. The number of alkyl halides is 2. The quantitative estimate of drug-likeness (QED) is 0.858. The van der Waals surface area contributed by atoms with E-state index in [0.29, 0.717) is 18.8 Å². The van der Waals surface area contributed by atoms with E-state index in [4.69, 9.17) is 23.2 Å². The third-order valence-corrected chi connectivity index (χ3v) is 6.00. The number of halogens is 2. The molecule has 0 aromatic heterocycles. The van der Waals surface area contributed by atoms with E-state index in [0.717, 1.165) is 0 Å². The highest BCUT2D eigenvalue weighted by Crippen LogP contribution is 2.45. The fraction of sp³-hybridized carbons (Fsp3) is 0.417. The van der Waals surface area contributed by atoms with Gasteiger partial charge in [0.1, 0.15) is 0 Å². The lowest BCUT2D eigenvalue weighted by atomic mass is 10.1. The number of fused-ring (bicyclic) bond motifs is 1. The molecule has 0 saturated heterocycles. The Morgan fingerprint density at radius 2 is 1.85 bits per heavy atom. The molecule has 1 aromatic rings. The number of carbonyl (C=O) groups excluding carboxylic acids is 1. The first-order valence-electron chi connectivity index (χ1n) is 6.09. The molecule has 1 N–H and O–H groups in total. The summed E-state index contributed by atoms with van der Waals surface area (Å²) in [7, 11) is -3.61. The molecule has 1 heterocycles. The van der Waals surface area contributed by atoms with Crippen LogP contribution in [0.5, 0.6) is 0 Å². The van der Waals surface area contributed by atoms with Gasteiger partial charge in [-0.15, -0.1) is 0 Å². The average Bonchev–Trinajstić information content (AvgIpc) is 2.61. The number of anilines is 1. The number of carbonyl (C=O) groups is 1. The Balaban J connectivity index is 2.54. The molecule has 0 aliphatic carbocycles. The molecule has 20 heavy (non-hydrogen) atoms. The van der Waals surface area contributed by atoms with Crippen molar-refractivity contribution in [3.05, 3.63) is 23.8 Å². The van der Waals surface area contributed by atoms with Crippen LogP contribution in [0.1, 0.15) is 19.4 Å². The second-order valence-electron chi connectivity index (χ2n) is 4.33. The van der Waals surface area contributed by atoms with E-state index in [1.54, 1.807) is 13.8 Å². The molecule has 8 heteroatoms. The summed E-state index contributed by atoms with van der Waals surface area (Å²) < 4.78 is 24.4. The highest BCUT2D eigenvalue weighted by molar-refractivity contribution is 7.89. The summed E-state index contributed by atoms with van der Waals surface area (Å²) in [5.41, 5.74) is 0.692. The predicted molar refractivity (Wildman–Crippen MR) is 78.6 cm³/mol. The average molecular weight is 337 g/mol. The maximum Gasteiger partial charge on any atom is 0.265 e. The van der Waals surface area contributed by atoms with Gasteiger partial charge >= 0.3 is 0 Å².